The molecule has 0 unspecified atom stereocenters. The Kier molecular flexibility index (Phi) is 6.02. The van der Waals surface area contributed by atoms with Crippen LogP contribution in [0.5, 0.6) is 17.2 Å². The van der Waals surface area contributed by atoms with Crippen molar-refractivity contribution in [3.8, 4) is 17.2 Å². The summed E-state index contributed by atoms with van der Waals surface area (Å²) < 4.78 is 20.6. The second-order valence-electron chi connectivity index (χ2n) is 4.28. The van der Waals surface area contributed by atoms with Crippen LogP contribution in [0.4, 0.5) is 0 Å². The third-order valence-corrected chi connectivity index (χ3v) is 2.96. The van der Waals surface area contributed by atoms with Gasteiger partial charge in [-0.3, -0.25) is 9.59 Å². The fraction of sp³-hybridized carbons (Fsp3) is 0.467. The Morgan fingerprint density at radius 1 is 1.10 bits per heavy atom. The lowest BCUT2D eigenvalue weighted by atomic mass is 10.0. The molecular weight excluding hydrogens is 276 g/mol. The number of esters is 2. The summed E-state index contributed by atoms with van der Waals surface area (Å²) in [7, 11) is 4.27. The highest BCUT2D eigenvalue weighted by Gasteiger charge is 2.22. The Bertz CT molecular complexity index is 535. The van der Waals surface area contributed by atoms with Crippen molar-refractivity contribution in [2.45, 2.75) is 26.7 Å². The standard InChI is InChI=1S/C15H20O6/c1-6-11-12(18-3)7-10(8-13(17)19-4)14(20-5)15(11)21-9(2)16/h7H,6,8H2,1-5H3. The van der Waals surface area contributed by atoms with Gasteiger partial charge in [0.15, 0.2) is 11.5 Å². The van der Waals surface area contributed by atoms with Crippen molar-refractivity contribution in [1.82, 2.24) is 0 Å². The van der Waals surface area contributed by atoms with E-state index < -0.39 is 11.9 Å². The monoisotopic (exact) mass is 296 g/mol. The summed E-state index contributed by atoms with van der Waals surface area (Å²) in [4.78, 5) is 22.8. The largest absolute Gasteiger partial charge is 0.496 e. The molecule has 0 radical (unpaired) electrons. The van der Waals surface area contributed by atoms with Crippen LogP contribution < -0.4 is 14.2 Å². The maximum atomic E-state index is 11.5. The molecule has 0 amide bonds. The molecule has 0 bridgehead atoms. The van der Waals surface area contributed by atoms with E-state index in [4.69, 9.17) is 14.2 Å². The maximum Gasteiger partial charge on any atom is 0.310 e. The van der Waals surface area contributed by atoms with E-state index in [2.05, 4.69) is 4.74 Å². The lowest BCUT2D eigenvalue weighted by Crippen LogP contribution is -2.11. The van der Waals surface area contributed by atoms with Crippen LogP contribution in [0, 0.1) is 0 Å². The first kappa shape index (κ1) is 16.8. The Morgan fingerprint density at radius 3 is 2.19 bits per heavy atom. The van der Waals surface area contributed by atoms with Gasteiger partial charge in [-0.1, -0.05) is 6.92 Å². The zero-order valence-electron chi connectivity index (χ0n) is 12.9. The van der Waals surface area contributed by atoms with Gasteiger partial charge in [0.25, 0.3) is 0 Å². The molecule has 0 N–H and O–H groups in total. The summed E-state index contributed by atoms with van der Waals surface area (Å²) in [5.41, 5.74) is 1.24. The lowest BCUT2D eigenvalue weighted by Gasteiger charge is -2.18. The van der Waals surface area contributed by atoms with Gasteiger partial charge in [0.2, 0.25) is 0 Å². The molecule has 116 valence electrons. The van der Waals surface area contributed by atoms with E-state index in [9.17, 15) is 9.59 Å². The molecule has 0 saturated carbocycles. The molecule has 0 aliphatic heterocycles. The molecule has 1 rings (SSSR count). The van der Waals surface area contributed by atoms with Crippen LogP contribution in [0.15, 0.2) is 6.07 Å². The van der Waals surface area contributed by atoms with Gasteiger partial charge < -0.3 is 18.9 Å². The van der Waals surface area contributed by atoms with Crippen molar-refractivity contribution in [3.05, 3.63) is 17.2 Å². The average Bonchev–Trinajstić information content (AvgIpc) is 2.46. The zero-order valence-corrected chi connectivity index (χ0v) is 12.9. The third kappa shape index (κ3) is 3.87. The van der Waals surface area contributed by atoms with E-state index in [-0.39, 0.29) is 12.2 Å². The first-order valence-corrected chi connectivity index (χ1v) is 6.50. The van der Waals surface area contributed by atoms with Crippen molar-refractivity contribution < 1.29 is 28.5 Å². The Hall–Kier alpha value is -2.24. The quantitative estimate of drug-likeness (QED) is 0.590. The van der Waals surface area contributed by atoms with Crippen molar-refractivity contribution >= 4 is 11.9 Å². The number of carbonyl (C=O) groups is 2. The van der Waals surface area contributed by atoms with Crippen LogP contribution in [-0.4, -0.2) is 33.3 Å². The van der Waals surface area contributed by atoms with E-state index in [1.165, 1.54) is 28.3 Å². The van der Waals surface area contributed by atoms with Crippen molar-refractivity contribution in [2.24, 2.45) is 0 Å². The molecule has 0 atom stereocenters. The highest BCUT2D eigenvalue weighted by molar-refractivity contribution is 5.77. The number of carbonyl (C=O) groups excluding carboxylic acids is 2. The van der Waals surface area contributed by atoms with Gasteiger partial charge in [-0.25, -0.2) is 0 Å². The molecule has 1 aromatic carbocycles. The smallest absolute Gasteiger partial charge is 0.310 e. The van der Waals surface area contributed by atoms with Crippen LogP contribution in [0.25, 0.3) is 0 Å². The summed E-state index contributed by atoms with van der Waals surface area (Å²) in [6, 6.07) is 1.70. The summed E-state index contributed by atoms with van der Waals surface area (Å²) in [5.74, 6) is 0.265. The third-order valence-electron chi connectivity index (χ3n) is 2.96. The summed E-state index contributed by atoms with van der Waals surface area (Å²) in [5, 5.41) is 0. The molecular formula is C15H20O6. The molecule has 0 aliphatic rings. The minimum Gasteiger partial charge on any atom is -0.496 e. The van der Waals surface area contributed by atoms with Crippen LogP contribution in [0.2, 0.25) is 0 Å². The Morgan fingerprint density at radius 2 is 1.76 bits per heavy atom. The second-order valence-corrected chi connectivity index (χ2v) is 4.28. The molecule has 0 fully saturated rings. The average molecular weight is 296 g/mol. The Balaban J connectivity index is 3.50. The predicted octanol–water partition coefficient (Wildman–Crippen LogP) is 1.91. The van der Waals surface area contributed by atoms with Crippen LogP contribution >= 0.6 is 0 Å². The van der Waals surface area contributed by atoms with E-state index >= 15 is 0 Å². The van der Waals surface area contributed by atoms with E-state index in [1.807, 2.05) is 6.92 Å². The van der Waals surface area contributed by atoms with Crippen LogP contribution in [-0.2, 0) is 27.2 Å². The molecule has 21 heavy (non-hydrogen) atoms. The SMILES string of the molecule is CCc1c(OC)cc(CC(=O)OC)c(OC)c1OC(C)=O. The highest BCUT2D eigenvalue weighted by atomic mass is 16.6. The number of methoxy groups -OCH3 is 3. The summed E-state index contributed by atoms with van der Waals surface area (Å²) in [6.45, 7) is 3.21. The van der Waals surface area contributed by atoms with Crippen LogP contribution in [0.1, 0.15) is 25.0 Å². The van der Waals surface area contributed by atoms with E-state index in [1.54, 1.807) is 6.07 Å². The molecule has 0 aromatic heterocycles. The van der Waals surface area contributed by atoms with Gasteiger partial charge >= 0.3 is 11.9 Å². The van der Waals surface area contributed by atoms with Gasteiger partial charge in [-0.05, 0) is 12.5 Å². The normalized spacial score (nSPS) is 9.95. The van der Waals surface area contributed by atoms with Gasteiger partial charge in [-0.2, -0.15) is 0 Å². The molecule has 6 heteroatoms. The first-order valence-electron chi connectivity index (χ1n) is 6.50. The molecule has 0 spiro atoms. The van der Waals surface area contributed by atoms with Crippen molar-refractivity contribution in [3.63, 3.8) is 0 Å². The molecule has 0 saturated heterocycles. The molecule has 0 heterocycles. The molecule has 1 aromatic rings. The van der Waals surface area contributed by atoms with Gasteiger partial charge in [0.05, 0.1) is 27.8 Å². The second kappa shape index (κ2) is 7.52. The number of benzene rings is 1. The topological polar surface area (TPSA) is 71.1 Å². The first-order chi connectivity index (χ1) is 9.98. The summed E-state index contributed by atoms with van der Waals surface area (Å²) >= 11 is 0. The van der Waals surface area contributed by atoms with E-state index in [0.717, 1.165) is 0 Å². The van der Waals surface area contributed by atoms with Gasteiger partial charge in [-0.15, -0.1) is 0 Å². The highest BCUT2D eigenvalue weighted by Crippen LogP contribution is 2.41. The fourth-order valence-electron chi connectivity index (χ4n) is 2.06. The fourth-order valence-corrected chi connectivity index (χ4v) is 2.06. The number of hydrogen-bond donors (Lipinski definition) is 0. The lowest BCUT2D eigenvalue weighted by molar-refractivity contribution is -0.139. The predicted molar refractivity (Wildman–Crippen MR) is 76.0 cm³/mol. The maximum absolute atomic E-state index is 11.5. The van der Waals surface area contributed by atoms with E-state index in [0.29, 0.717) is 29.0 Å². The molecule has 6 nitrogen and oxygen atoms in total. The van der Waals surface area contributed by atoms with Crippen molar-refractivity contribution in [1.29, 1.82) is 0 Å². The van der Waals surface area contributed by atoms with Crippen molar-refractivity contribution in [2.75, 3.05) is 21.3 Å². The van der Waals surface area contributed by atoms with Gasteiger partial charge in [0, 0.05) is 18.1 Å². The minimum atomic E-state index is -0.472. The number of hydrogen-bond acceptors (Lipinski definition) is 6. The number of rotatable bonds is 6. The van der Waals surface area contributed by atoms with Crippen LogP contribution in [0.3, 0.4) is 0 Å². The minimum absolute atomic E-state index is 0.00566. The summed E-state index contributed by atoms with van der Waals surface area (Å²) in [6.07, 6.45) is 0.578. The Labute approximate surface area is 123 Å². The van der Waals surface area contributed by atoms with Gasteiger partial charge in [0.1, 0.15) is 5.75 Å². The molecule has 0 aliphatic carbocycles. The number of ether oxygens (including phenoxy) is 4. The zero-order chi connectivity index (χ0) is 16.0.